The summed E-state index contributed by atoms with van der Waals surface area (Å²) in [5.41, 5.74) is 0.364. The minimum absolute atomic E-state index is 0.0730. The van der Waals surface area contributed by atoms with Crippen LogP contribution in [0.25, 0.3) is 0 Å². The Bertz CT molecular complexity index is 301. The average molecular weight is 299 g/mol. The number of nitrogens with zero attached hydrogens (tertiary/aromatic N) is 2. The highest BCUT2D eigenvalue weighted by atomic mass is 16.2. The maximum Gasteiger partial charge on any atom is 0.222 e. The summed E-state index contributed by atoms with van der Waals surface area (Å²) in [7, 11) is 1.94. The molecule has 0 unspecified atom stereocenters. The molecule has 0 aromatic rings. The van der Waals surface area contributed by atoms with Gasteiger partial charge in [0.25, 0.3) is 0 Å². The average Bonchev–Trinajstić information content (AvgIpc) is 2.35. The Kier molecular flexibility index (Phi) is 8.53. The highest BCUT2D eigenvalue weighted by Gasteiger charge is 2.22. The molecule has 0 aromatic carbocycles. The van der Waals surface area contributed by atoms with E-state index in [1.165, 1.54) is 6.42 Å². The normalized spacial score (nSPS) is 12.8. The van der Waals surface area contributed by atoms with Gasteiger partial charge in [-0.1, -0.05) is 48.5 Å². The molecule has 0 fully saturated rings. The maximum atomic E-state index is 12.2. The van der Waals surface area contributed by atoms with Gasteiger partial charge in [0.2, 0.25) is 5.91 Å². The van der Waals surface area contributed by atoms with E-state index >= 15 is 0 Å². The molecule has 0 radical (unpaired) electrons. The summed E-state index contributed by atoms with van der Waals surface area (Å²) in [6, 6.07) is 0. The van der Waals surface area contributed by atoms with Crippen LogP contribution in [-0.2, 0) is 4.79 Å². The molecule has 0 aliphatic heterocycles. The van der Waals surface area contributed by atoms with E-state index in [0.717, 1.165) is 32.6 Å². The van der Waals surface area contributed by atoms with Gasteiger partial charge in [0.05, 0.1) is 0 Å². The van der Waals surface area contributed by atoms with Crippen LogP contribution in [0.15, 0.2) is 0 Å². The highest BCUT2D eigenvalue weighted by molar-refractivity contribution is 5.76. The van der Waals surface area contributed by atoms with Crippen LogP contribution in [0.2, 0.25) is 0 Å². The van der Waals surface area contributed by atoms with Gasteiger partial charge in [0, 0.05) is 20.0 Å². The first-order valence-electron chi connectivity index (χ1n) is 8.47. The molecule has 0 heterocycles. The van der Waals surface area contributed by atoms with Crippen LogP contribution in [0.5, 0.6) is 0 Å². The summed E-state index contributed by atoms with van der Waals surface area (Å²) < 4.78 is 0. The molecule has 3 nitrogen and oxygen atoms in total. The van der Waals surface area contributed by atoms with Gasteiger partial charge in [-0.2, -0.15) is 0 Å². The van der Waals surface area contributed by atoms with Crippen molar-refractivity contribution in [3.05, 3.63) is 0 Å². The monoisotopic (exact) mass is 298 g/mol. The summed E-state index contributed by atoms with van der Waals surface area (Å²) in [4.78, 5) is 16.5. The summed E-state index contributed by atoms with van der Waals surface area (Å²) in [6.45, 7) is 19.7. The molecule has 0 N–H and O–H groups in total. The maximum absolute atomic E-state index is 12.2. The van der Waals surface area contributed by atoms with Crippen molar-refractivity contribution in [2.24, 2.45) is 10.8 Å². The molecule has 126 valence electrons. The molecule has 3 heteroatoms. The van der Waals surface area contributed by atoms with Crippen molar-refractivity contribution in [3.63, 3.8) is 0 Å². The predicted molar refractivity (Wildman–Crippen MR) is 92.5 cm³/mol. The Hall–Kier alpha value is -0.570. The van der Waals surface area contributed by atoms with E-state index in [-0.39, 0.29) is 11.3 Å². The second-order valence-corrected chi connectivity index (χ2v) is 8.24. The minimum atomic E-state index is 0.0730. The quantitative estimate of drug-likeness (QED) is 0.641. The molecule has 0 aromatic heterocycles. The Labute approximate surface area is 133 Å². The fourth-order valence-corrected chi connectivity index (χ4v) is 2.31. The van der Waals surface area contributed by atoms with E-state index in [2.05, 4.69) is 53.4 Å². The largest absolute Gasteiger partial charge is 0.346 e. The van der Waals surface area contributed by atoms with Crippen molar-refractivity contribution in [3.8, 4) is 0 Å². The zero-order valence-corrected chi connectivity index (χ0v) is 15.8. The lowest BCUT2D eigenvalue weighted by atomic mass is 9.85. The number of hydrogen-bond acceptors (Lipinski definition) is 2. The second-order valence-electron chi connectivity index (χ2n) is 8.24. The van der Waals surface area contributed by atoms with Crippen LogP contribution in [0.4, 0.5) is 0 Å². The summed E-state index contributed by atoms with van der Waals surface area (Å²) in [5.74, 6) is 0.266. The van der Waals surface area contributed by atoms with E-state index in [0.29, 0.717) is 11.8 Å². The fraction of sp³-hybridized carbons (Fsp3) is 0.944. The van der Waals surface area contributed by atoms with Crippen molar-refractivity contribution in [1.82, 2.24) is 9.80 Å². The first kappa shape index (κ1) is 20.4. The third kappa shape index (κ3) is 9.89. The molecule has 0 aliphatic carbocycles. The third-order valence-electron chi connectivity index (χ3n) is 4.23. The molecule has 0 saturated heterocycles. The zero-order chi connectivity index (χ0) is 16.7. The molecule has 0 rings (SSSR count). The first-order chi connectivity index (χ1) is 9.50. The summed E-state index contributed by atoms with van der Waals surface area (Å²) in [5, 5.41) is 0. The molecule has 0 atom stereocenters. The molecular weight excluding hydrogens is 260 g/mol. The van der Waals surface area contributed by atoms with Crippen LogP contribution < -0.4 is 0 Å². The van der Waals surface area contributed by atoms with E-state index in [1.54, 1.807) is 0 Å². The van der Waals surface area contributed by atoms with Gasteiger partial charge in [-0.25, -0.2) is 0 Å². The molecule has 0 aliphatic rings. The summed E-state index contributed by atoms with van der Waals surface area (Å²) in [6.07, 6.45) is 2.89. The van der Waals surface area contributed by atoms with Gasteiger partial charge in [0.15, 0.2) is 0 Å². The molecule has 21 heavy (non-hydrogen) atoms. The third-order valence-corrected chi connectivity index (χ3v) is 4.23. The van der Waals surface area contributed by atoms with Crippen LogP contribution in [0, 0.1) is 10.8 Å². The predicted octanol–water partition coefficient (Wildman–Crippen LogP) is 4.03. The van der Waals surface area contributed by atoms with Crippen LogP contribution >= 0.6 is 0 Å². The number of amides is 1. The fourth-order valence-electron chi connectivity index (χ4n) is 2.31. The lowest BCUT2D eigenvalue weighted by molar-refractivity contribution is -0.132. The Morgan fingerprint density at radius 1 is 0.905 bits per heavy atom. The van der Waals surface area contributed by atoms with E-state index in [1.807, 2.05) is 11.9 Å². The standard InChI is InChI=1S/C18H38N2O/c1-9-20(10-2)14-12-18(6,7)11-13-19(8)16(21)15-17(3,4)5/h9-15H2,1-8H3. The van der Waals surface area contributed by atoms with E-state index < -0.39 is 0 Å². The number of rotatable bonds is 9. The van der Waals surface area contributed by atoms with E-state index in [9.17, 15) is 4.79 Å². The van der Waals surface area contributed by atoms with Crippen LogP contribution in [-0.4, -0.2) is 48.9 Å². The van der Waals surface area contributed by atoms with Crippen molar-refractivity contribution >= 4 is 5.91 Å². The van der Waals surface area contributed by atoms with Gasteiger partial charge in [-0.05, 0) is 43.3 Å². The summed E-state index contributed by atoms with van der Waals surface area (Å²) >= 11 is 0. The number of carbonyl (C=O) groups excluding carboxylic acids is 1. The molecular formula is C18H38N2O. The van der Waals surface area contributed by atoms with Crippen molar-refractivity contribution in [2.75, 3.05) is 33.2 Å². The molecule has 0 bridgehead atoms. The zero-order valence-electron chi connectivity index (χ0n) is 15.8. The molecule has 0 saturated carbocycles. The lowest BCUT2D eigenvalue weighted by Crippen LogP contribution is -2.34. The molecule has 0 spiro atoms. The second kappa shape index (κ2) is 8.77. The Morgan fingerprint density at radius 3 is 1.81 bits per heavy atom. The lowest BCUT2D eigenvalue weighted by Gasteiger charge is -2.31. The smallest absolute Gasteiger partial charge is 0.222 e. The van der Waals surface area contributed by atoms with Crippen LogP contribution in [0.1, 0.15) is 67.7 Å². The number of carbonyl (C=O) groups is 1. The van der Waals surface area contributed by atoms with Crippen molar-refractivity contribution in [2.45, 2.75) is 67.7 Å². The first-order valence-corrected chi connectivity index (χ1v) is 8.47. The molecule has 1 amide bonds. The highest BCUT2D eigenvalue weighted by Crippen LogP contribution is 2.26. The van der Waals surface area contributed by atoms with E-state index in [4.69, 9.17) is 0 Å². The Balaban J connectivity index is 4.20. The van der Waals surface area contributed by atoms with Gasteiger partial charge in [-0.15, -0.1) is 0 Å². The number of hydrogen-bond donors (Lipinski definition) is 0. The van der Waals surface area contributed by atoms with Crippen LogP contribution in [0.3, 0.4) is 0 Å². The Morgan fingerprint density at radius 2 is 1.38 bits per heavy atom. The van der Waals surface area contributed by atoms with Crippen molar-refractivity contribution in [1.29, 1.82) is 0 Å². The minimum Gasteiger partial charge on any atom is -0.346 e. The van der Waals surface area contributed by atoms with Gasteiger partial charge in [0.1, 0.15) is 0 Å². The van der Waals surface area contributed by atoms with Gasteiger partial charge in [-0.3, -0.25) is 4.79 Å². The van der Waals surface area contributed by atoms with Gasteiger partial charge < -0.3 is 9.80 Å². The van der Waals surface area contributed by atoms with Gasteiger partial charge >= 0.3 is 0 Å². The SMILES string of the molecule is CCN(CC)CCC(C)(C)CCN(C)C(=O)CC(C)(C)C. The topological polar surface area (TPSA) is 23.6 Å². The van der Waals surface area contributed by atoms with Crippen molar-refractivity contribution < 1.29 is 4.79 Å².